The molecule has 0 spiro atoms. The summed E-state index contributed by atoms with van der Waals surface area (Å²) in [6.45, 7) is 13.2. The Kier molecular flexibility index (Phi) is 10.9. The Bertz CT molecular complexity index is 1320. The van der Waals surface area contributed by atoms with Crippen molar-refractivity contribution in [3.05, 3.63) is 114 Å². The lowest BCUT2D eigenvalue weighted by molar-refractivity contribution is -0.144. The average Bonchev–Trinajstić information content (AvgIpc) is 2.93. The standard InChI is InChI=1S/C34H41N3O4/c1-7-25-19-14-20-28(21-25)30(31(38)35-23-27-17-12-9-13-18-27)37(24(2)3)32(39)29(22-26-15-10-8-11-16-26)36-33(40)41-34(4,5)6/h7-21,24,29-30H,1,22-23H2,2-6H3,(H,35,38)(H,36,40). The summed E-state index contributed by atoms with van der Waals surface area (Å²) < 4.78 is 5.50. The number of rotatable bonds is 11. The maximum atomic E-state index is 14.4. The third-order valence-electron chi connectivity index (χ3n) is 6.38. The zero-order valence-electron chi connectivity index (χ0n) is 24.6. The first-order chi connectivity index (χ1) is 19.5. The van der Waals surface area contributed by atoms with Crippen molar-refractivity contribution in [1.29, 1.82) is 0 Å². The second kappa shape index (κ2) is 14.3. The molecule has 3 aromatic carbocycles. The van der Waals surface area contributed by atoms with Crippen molar-refractivity contribution in [2.45, 2.75) is 71.3 Å². The Hall–Kier alpha value is -4.39. The van der Waals surface area contributed by atoms with Crippen LogP contribution in [-0.4, -0.2) is 40.5 Å². The van der Waals surface area contributed by atoms with Crippen LogP contribution in [0.5, 0.6) is 0 Å². The molecular weight excluding hydrogens is 514 g/mol. The van der Waals surface area contributed by atoms with Gasteiger partial charge in [0.2, 0.25) is 11.8 Å². The Morgan fingerprint density at radius 1 is 0.902 bits per heavy atom. The minimum absolute atomic E-state index is 0.229. The average molecular weight is 556 g/mol. The summed E-state index contributed by atoms with van der Waals surface area (Å²) >= 11 is 0. The largest absolute Gasteiger partial charge is 0.444 e. The minimum Gasteiger partial charge on any atom is -0.444 e. The molecule has 3 amide bonds. The smallest absolute Gasteiger partial charge is 0.408 e. The van der Waals surface area contributed by atoms with Crippen molar-refractivity contribution >= 4 is 24.0 Å². The Balaban J connectivity index is 2.02. The zero-order valence-corrected chi connectivity index (χ0v) is 24.6. The number of carbonyl (C=O) groups excluding carboxylic acids is 3. The fourth-order valence-corrected chi connectivity index (χ4v) is 4.54. The highest BCUT2D eigenvalue weighted by Gasteiger charge is 2.38. The summed E-state index contributed by atoms with van der Waals surface area (Å²) in [7, 11) is 0. The van der Waals surface area contributed by atoms with Gasteiger partial charge in [0.05, 0.1) is 0 Å². The summed E-state index contributed by atoms with van der Waals surface area (Å²) in [5.41, 5.74) is 2.53. The number of nitrogens with one attached hydrogen (secondary N) is 2. The third kappa shape index (κ3) is 9.34. The highest BCUT2D eigenvalue weighted by atomic mass is 16.6. The van der Waals surface area contributed by atoms with Crippen molar-refractivity contribution in [2.75, 3.05) is 0 Å². The fraction of sp³-hybridized carbons (Fsp3) is 0.324. The van der Waals surface area contributed by atoms with Crippen molar-refractivity contribution in [1.82, 2.24) is 15.5 Å². The van der Waals surface area contributed by atoms with Gasteiger partial charge in [-0.2, -0.15) is 0 Å². The Morgan fingerprint density at radius 2 is 1.51 bits per heavy atom. The molecule has 0 heterocycles. The number of ether oxygens (including phenoxy) is 1. The number of hydrogen-bond donors (Lipinski definition) is 2. The first-order valence-corrected chi connectivity index (χ1v) is 13.9. The second-order valence-corrected chi connectivity index (χ2v) is 11.2. The fourth-order valence-electron chi connectivity index (χ4n) is 4.54. The number of benzene rings is 3. The van der Waals surface area contributed by atoms with Gasteiger partial charge >= 0.3 is 6.09 Å². The van der Waals surface area contributed by atoms with E-state index in [0.29, 0.717) is 12.1 Å². The van der Waals surface area contributed by atoms with Gasteiger partial charge in [0.1, 0.15) is 17.7 Å². The van der Waals surface area contributed by atoms with E-state index < -0.39 is 29.7 Å². The van der Waals surface area contributed by atoms with Gasteiger partial charge in [0.25, 0.3) is 0 Å². The van der Waals surface area contributed by atoms with E-state index in [0.717, 1.165) is 16.7 Å². The van der Waals surface area contributed by atoms with Gasteiger partial charge in [0, 0.05) is 19.0 Å². The number of nitrogens with zero attached hydrogens (tertiary/aromatic N) is 1. The second-order valence-electron chi connectivity index (χ2n) is 11.2. The number of amides is 3. The van der Waals surface area contributed by atoms with E-state index in [9.17, 15) is 14.4 Å². The van der Waals surface area contributed by atoms with Gasteiger partial charge in [-0.05, 0) is 62.9 Å². The van der Waals surface area contributed by atoms with Crippen LogP contribution in [0.2, 0.25) is 0 Å². The summed E-state index contributed by atoms with van der Waals surface area (Å²) in [6, 6.07) is 24.2. The van der Waals surface area contributed by atoms with Gasteiger partial charge in [-0.1, -0.05) is 91.5 Å². The van der Waals surface area contributed by atoms with Crippen molar-refractivity contribution in [3.63, 3.8) is 0 Å². The molecule has 2 N–H and O–H groups in total. The molecule has 41 heavy (non-hydrogen) atoms. The van der Waals surface area contributed by atoms with Crippen LogP contribution in [0, 0.1) is 0 Å². The van der Waals surface area contributed by atoms with Crippen molar-refractivity contribution in [3.8, 4) is 0 Å². The molecule has 0 aliphatic rings. The van der Waals surface area contributed by atoms with Crippen LogP contribution in [-0.2, 0) is 27.3 Å². The van der Waals surface area contributed by atoms with E-state index in [1.54, 1.807) is 31.7 Å². The monoisotopic (exact) mass is 555 g/mol. The molecule has 7 nitrogen and oxygen atoms in total. The summed E-state index contributed by atoms with van der Waals surface area (Å²) in [6.07, 6.45) is 1.23. The molecule has 0 aliphatic heterocycles. The predicted octanol–water partition coefficient (Wildman–Crippen LogP) is 6.06. The van der Waals surface area contributed by atoms with Crippen LogP contribution in [0.4, 0.5) is 4.79 Å². The molecule has 0 aromatic heterocycles. The molecule has 3 rings (SSSR count). The molecule has 0 saturated carbocycles. The van der Waals surface area contributed by atoms with E-state index in [1.165, 1.54) is 0 Å². The molecule has 0 saturated heterocycles. The molecular formula is C34H41N3O4. The maximum absolute atomic E-state index is 14.4. The van der Waals surface area contributed by atoms with Crippen molar-refractivity contribution < 1.29 is 19.1 Å². The van der Waals surface area contributed by atoms with Crippen LogP contribution in [0.25, 0.3) is 6.08 Å². The topological polar surface area (TPSA) is 87.7 Å². The van der Waals surface area contributed by atoms with Gasteiger partial charge in [-0.15, -0.1) is 0 Å². The van der Waals surface area contributed by atoms with Crippen LogP contribution in [0.15, 0.2) is 91.5 Å². The Labute approximate surface area is 243 Å². The lowest BCUT2D eigenvalue weighted by Crippen LogP contribution is -2.55. The minimum atomic E-state index is -0.971. The number of carbonyl (C=O) groups is 3. The van der Waals surface area contributed by atoms with E-state index in [4.69, 9.17) is 4.74 Å². The number of hydrogen-bond acceptors (Lipinski definition) is 4. The lowest BCUT2D eigenvalue weighted by Gasteiger charge is -2.37. The first-order valence-electron chi connectivity index (χ1n) is 13.9. The van der Waals surface area contributed by atoms with Crippen LogP contribution in [0.1, 0.15) is 62.9 Å². The quantitative estimate of drug-likeness (QED) is 0.301. The molecule has 3 aromatic rings. The highest BCUT2D eigenvalue weighted by Crippen LogP contribution is 2.27. The molecule has 0 radical (unpaired) electrons. The van der Waals surface area contributed by atoms with Crippen LogP contribution >= 0.6 is 0 Å². The predicted molar refractivity (Wildman–Crippen MR) is 163 cm³/mol. The molecule has 0 fully saturated rings. The van der Waals surface area contributed by atoms with Gasteiger partial charge in [-0.3, -0.25) is 9.59 Å². The SMILES string of the molecule is C=Cc1cccc(C(C(=O)NCc2ccccc2)N(C(=O)C(Cc2ccccc2)NC(=O)OC(C)(C)C)C(C)C)c1. The highest BCUT2D eigenvalue weighted by molar-refractivity contribution is 5.92. The molecule has 0 aliphatic carbocycles. The van der Waals surface area contributed by atoms with Gasteiger partial charge < -0.3 is 20.3 Å². The van der Waals surface area contributed by atoms with E-state index in [2.05, 4.69) is 17.2 Å². The number of alkyl carbamates (subject to hydrolysis) is 1. The molecule has 216 valence electrons. The maximum Gasteiger partial charge on any atom is 0.408 e. The van der Waals surface area contributed by atoms with Gasteiger partial charge in [0.15, 0.2) is 0 Å². The normalized spacial score (nSPS) is 12.6. The molecule has 0 bridgehead atoms. The lowest BCUT2D eigenvalue weighted by atomic mass is 9.97. The Morgan fingerprint density at radius 3 is 2.07 bits per heavy atom. The summed E-state index contributed by atoms with van der Waals surface area (Å²) in [5.74, 6) is -0.716. The van der Waals surface area contributed by atoms with Crippen LogP contribution < -0.4 is 10.6 Å². The van der Waals surface area contributed by atoms with E-state index in [-0.39, 0.29) is 18.4 Å². The zero-order chi connectivity index (χ0) is 30.0. The first kappa shape index (κ1) is 31.1. The van der Waals surface area contributed by atoms with E-state index in [1.807, 2.05) is 98.8 Å². The molecule has 7 heteroatoms. The van der Waals surface area contributed by atoms with Gasteiger partial charge in [-0.25, -0.2) is 4.79 Å². The van der Waals surface area contributed by atoms with Crippen LogP contribution in [0.3, 0.4) is 0 Å². The van der Waals surface area contributed by atoms with E-state index >= 15 is 0 Å². The van der Waals surface area contributed by atoms with Crippen molar-refractivity contribution in [2.24, 2.45) is 0 Å². The molecule has 2 atom stereocenters. The summed E-state index contributed by atoms with van der Waals surface area (Å²) in [5, 5.41) is 5.80. The third-order valence-corrected chi connectivity index (χ3v) is 6.38. The molecule has 2 unspecified atom stereocenters. The summed E-state index contributed by atoms with van der Waals surface area (Å²) in [4.78, 5) is 42.7.